The molecule has 0 atom stereocenters. The average Bonchev–Trinajstić information content (AvgIpc) is 2.16. The summed E-state index contributed by atoms with van der Waals surface area (Å²) in [6.45, 7) is 0.620. The number of hydrogen-bond donors (Lipinski definition) is 0. The van der Waals surface area contributed by atoms with Crippen LogP contribution in [-0.4, -0.2) is 11.3 Å². The van der Waals surface area contributed by atoms with Gasteiger partial charge in [-0.2, -0.15) is 0 Å². The van der Waals surface area contributed by atoms with Gasteiger partial charge < -0.3 is 4.74 Å². The Morgan fingerprint density at radius 3 is 2.60 bits per heavy atom. The SMILES string of the molecule is O=C(Cl)C1CC(OCc2ccccc2)C1. The molecule has 2 nitrogen and oxygen atoms in total. The highest BCUT2D eigenvalue weighted by atomic mass is 35.5. The molecular formula is C12H13ClO2. The molecule has 0 aliphatic heterocycles. The van der Waals surface area contributed by atoms with Crippen LogP contribution < -0.4 is 0 Å². The second-order valence-corrected chi connectivity index (χ2v) is 4.26. The third kappa shape index (κ3) is 2.80. The van der Waals surface area contributed by atoms with Crippen molar-refractivity contribution in [3.05, 3.63) is 35.9 Å². The van der Waals surface area contributed by atoms with Crippen LogP contribution in [0.15, 0.2) is 30.3 Å². The van der Waals surface area contributed by atoms with Crippen LogP contribution in [0.3, 0.4) is 0 Å². The van der Waals surface area contributed by atoms with E-state index in [4.69, 9.17) is 16.3 Å². The Labute approximate surface area is 94.2 Å². The Balaban J connectivity index is 1.71. The van der Waals surface area contributed by atoms with Gasteiger partial charge in [0.15, 0.2) is 0 Å². The molecular weight excluding hydrogens is 212 g/mol. The number of hydrogen-bond acceptors (Lipinski definition) is 2. The van der Waals surface area contributed by atoms with Gasteiger partial charge in [0.25, 0.3) is 0 Å². The van der Waals surface area contributed by atoms with E-state index in [1.165, 1.54) is 0 Å². The summed E-state index contributed by atoms with van der Waals surface area (Å²) in [5.41, 5.74) is 1.16. The van der Waals surface area contributed by atoms with Gasteiger partial charge in [0.1, 0.15) is 0 Å². The lowest BCUT2D eigenvalue weighted by molar-refractivity contribution is -0.124. The van der Waals surface area contributed by atoms with Gasteiger partial charge in [-0.25, -0.2) is 0 Å². The molecule has 1 aromatic rings. The van der Waals surface area contributed by atoms with Gasteiger partial charge in [0, 0.05) is 5.92 Å². The Hall–Kier alpha value is -0.860. The molecule has 1 aromatic carbocycles. The van der Waals surface area contributed by atoms with E-state index in [0.717, 1.165) is 18.4 Å². The average molecular weight is 225 g/mol. The number of carbonyl (C=O) groups is 1. The zero-order chi connectivity index (χ0) is 10.7. The van der Waals surface area contributed by atoms with Gasteiger partial charge in [0.05, 0.1) is 12.7 Å². The topological polar surface area (TPSA) is 26.3 Å². The third-order valence-corrected chi connectivity index (χ3v) is 3.05. The highest BCUT2D eigenvalue weighted by molar-refractivity contribution is 6.64. The van der Waals surface area contributed by atoms with Gasteiger partial charge in [-0.1, -0.05) is 30.3 Å². The molecule has 1 aliphatic rings. The van der Waals surface area contributed by atoms with E-state index in [1.807, 2.05) is 30.3 Å². The smallest absolute Gasteiger partial charge is 0.224 e. The first kappa shape index (κ1) is 10.7. The van der Waals surface area contributed by atoms with Gasteiger partial charge in [0.2, 0.25) is 5.24 Å². The summed E-state index contributed by atoms with van der Waals surface area (Å²) in [5.74, 6) is 0.0208. The summed E-state index contributed by atoms with van der Waals surface area (Å²) in [7, 11) is 0. The molecule has 0 amide bonds. The lowest BCUT2D eigenvalue weighted by atomic mass is 9.83. The minimum absolute atomic E-state index is 0.0208. The highest BCUT2D eigenvalue weighted by Gasteiger charge is 2.34. The quantitative estimate of drug-likeness (QED) is 0.736. The lowest BCUT2D eigenvalue weighted by Gasteiger charge is -2.32. The molecule has 1 aliphatic carbocycles. The van der Waals surface area contributed by atoms with E-state index in [0.29, 0.717) is 6.61 Å². The summed E-state index contributed by atoms with van der Waals surface area (Å²) < 4.78 is 5.63. The van der Waals surface area contributed by atoms with Crippen molar-refractivity contribution in [2.75, 3.05) is 0 Å². The number of ether oxygens (including phenoxy) is 1. The molecule has 1 saturated carbocycles. The van der Waals surface area contributed by atoms with Crippen LogP contribution in [0, 0.1) is 5.92 Å². The predicted octanol–water partition coefficient (Wildman–Crippen LogP) is 2.75. The molecule has 0 bridgehead atoms. The molecule has 15 heavy (non-hydrogen) atoms. The summed E-state index contributed by atoms with van der Waals surface area (Å²) in [5, 5.41) is -0.227. The fraction of sp³-hybridized carbons (Fsp3) is 0.417. The summed E-state index contributed by atoms with van der Waals surface area (Å²) in [6.07, 6.45) is 1.75. The minimum atomic E-state index is -0.227. The standard InChI is InChI=1S/C12H13ClO2/c13-12(14)10-6-11(7-10)15-8-9-4-2-1-3-5-9/h1-5,10-11H,6-8H2. The molecule has 0 aromatic heterocycles. The van der Waals surface area contributed by atoms with Crippen LogP contribution in [-0.2, 0) is 16.1 Å². The monoisotopic (exact) mass is 224 g/mol. The van der Waals surface area contributed by atoms with Gasteiger partial charge in [-0.05, 0) is 30.0 Å². The lowest BCUT2D eigenvalue weighted by Crippen LogP contribution is -2.34. The van der Waals surface area contributed by atoms with Crippen molar-refractivity contribution in [3.63, 3.8) is 0 Å². The molecule has 1 fully saturated rings. The van der Waals surface area contributed by atoms with Crippen molar-refractivity contribution in [3.8, 4) is 0 Å². The van der Waals surface area contributed by atoms with Crippen LogP contribution in [0.4, 0.5) is 0 Å². The van der Waals surface area contributed by atoms with Crippen molar-refractivity contribution in [2.24, 2.45) is 5.92 Å². The second kappa shape index (κ2) is 4.77. The van der Waals surface area contributed by atoms with E-state index in [1.54, 1.807) is 0 Å². The number of rotatable bonds is 4. The van der Waals surface area contributed by atoms with E-state index >= 15 is 0 Å². The first-order valence-corrected chi connectivity index (χ1v) is 5.48. The Morgan fingerprint density at radius 1 is 1.33 bits per heavy atom. The molecule has 0 spiro atoms. The maximum Gasteiger partial charge on any atom is 0.224 e. The summed E-state index contributed by atoms with van der Waals surface area (Å²) in [6, 6.07) is 10.0. The maximum absolute atomic E-state index is 10.8. The normalized spacial score (nSPS) is 24.6. The summed E-state index contributed by atoms with van der Waals surface area (Å²) >= 11 is 5.37. The second-order valence-electron chi connectivity index (χ2n) is 3.89. The molecule has 80 valence electrons. The molecule has 0 N–H and O–H groups in total. The fourth-order valence-electron chi connectivity index (χ4n) is 1.68. The van der Waals surface area contributed by atoms with Gasteiger partial charge in [-0.3, -0.25) is 4.79 Å². The first-order valence-electron chi connectivity index (χ1n) is 5.10. The van der Waals surface area contributed by atoms with Crippen molar-refractivity contribution in [1.29, 1.82) is 0 Å². The zero-order valence-corrected chi connectivity index (χ0v) is 9.11. The van der Waals surface area contributed by atoms with Gasteiger partial charge in [-0.15, -0.1) is 0 Å². The zero-order valence-electron chi connectivity index (χ0n) is 8.36. The largest absolute Gasteiger partial charge is 0.373 e. The van der Waals surface area contributed by atoms with E-state index < -0.39 is 0 Å². The van der Waals surface area contributed by atoms with Crippen molar-refractivity contribution >= 4 is 16.8 Å². The number of benzene rings is 1. The first-order chi connectivity index (χ1) is 7.25. The van der Waals surface area contributed by atoms with Crippen LogP contribution in [0.5, 0.6) is 0 Å². The summed E-state index contributed by atoms with van der Waals surface area (Å²) in [4.78, 5) is 10.8. The minimum Gasteiger partial charge on any atom is -0.373 e. The molecule has 0 saturated heterocycles. The Morgan fingerprint density at radius 2 is 2.00 bits per heavy atom. The fourth-order valence-corrected chi connectivity index (χ4v) is 1.85. The predicted molar refractivity (Wildman–Crippen MR) is 58.6 cm³/mol. The van der Waals surface area contributed by atoms with Crippen molar-refractivity contribution in [2.45, 2.75) is 25.6 Å². The number of carbonyl (C=O) groups excluding carboxylic acids is 1. The van der Waals surface area contributed by atoms with Crippen molar-refractivity contribution < 1.29 is 9.53 Å². The molecule has 3 heteroatoms. The molecule has 0 heterocycles. The van der Waals surface area contributed by atoms with E-state index in [2.05, 4.69) is 0 Å². The number of halogens is 1. The van der Waals surface area contributed by atoms with Crippen LogP contribution in [0.1, 0.15) is 18.4 Å². The Kier molecular flexibility index (Phi) is 3.39. The van der Waals surface area contributed by atoms with Crippen molar-refractivity contribution in [1.82, 2.24) is 0 Å². The van der Waals surface area contributed by atoms with Crippen LogP contribution in [0.2, 0.25) is 0 Å². The maximum atomic E-state index is 10.8. The third-order valence-electron chi connectivity index (χ3n) is 2.74. The molecule has 2 rings (SSSR count). The highest BCUT2D eigenvalue weighted by Crippen LogP contribution is 2.32. The molecule has 0 unspecified atom stereocenters. The Bertz CT molecular complexity index is 331. The van der Waals surface area contributed by atoms with E-state index in [9.17, 15) is 4.79 Å². The van der Waals surface area contributed by atoms with Crippen LogP contribution in [0.25, 0.3) is 0 Å². The molecule has 0 radical (unpaired) electrons. The van der Waals surface area contributed by atoms with Crippen LogP contribution >= 0.6 is 11.6 Å². The van der Waals surface area contributed by atoms with E-state index in [-0.39, 0.29) is 17.3 Å². The van der Waals surface area contributed by atoms with Gasteiger partial charge >= 0.3 is 0 Å².